The average Bonchev–Trinajstić information content (AvgIpc) is 3.17. The molecule has 25 heavy (non-hydrogen) atoms. The number of thioether (sulfide) groups is 1. The second-order valence-electron chi connectivity index (χ2n) is 6.46. The van der Waals surface area contributed by atoms with Crippen molar-refractivity contribution in [2.24, 2.45) is 0 Å². The summed E-state index contributed by atoms with van der Waals surface area (Å²) in [5.41, 5.74) is 2.86. The molecule has 5 nitrogen and oxygen atoms in total. The van der Waals surface area contributed by atoms with E-state index in [0.717, 1.165) is 48.5 Å². The zero-order valence-corrected chi connectivity index (χ0v) is 15.6. The standard InChI is InChI=1S/C19H25N3O2S/c1-13(25-2)19(24)22-10-4-3-5-17(22)18-20-11-16(21-18)15-8-6-14(12-23)7-9-15/h6-9,11,13,17,23H,3-5,10,12H2,1-2H3,(H,20,21). The van der Waals surface area contributed by atoms with Gasteiger partial charge in [0.2, 0.25) is 5.91 Å². The van der Waals surface area contributed by atoms with Crippen molar-refractivity contribution in [2.75, 3.05) is 12.8 Å². The number of likely N-dealkylation sites (tertiary alicyclic amines) is 1. The van der Waals surface area contributed by atoms with E-state index in [4.69, 9.17) is 5.11 Å². The molecule has 134 valence electrons. The van der Waals surface area contributed by atoms with Gasteiger partial charge >= 0.3 is 0 Å². The fourth-order valence-electron chi connectivity index (χ4n) is 3.26. The molecule has 2 N–H and O–H groups in total. The summed E-state index contributed by atoms with van der Waals surface area (Å²) in [6, 6.07) is 7.80. The van der Waals surface area contributed by atoms with Gasteiger partial charge in [0.25, 0.3) is 0 Å². The second-order valence-corrected chi connectivity index (χ2v) is 7.64. The number of hydrogen-bond acceptors (Lipinski definition) is 4. The minimum absolute atomic E-state index is 0.0268. The zero-order valence-electron chi connectivity index (χ0n) is 14.7. The third-order valence-corrected chi connectivity index (χ3v) is 5.75. The molecule has 1 aromatic heterocycles. The fourth-order valence-corrected chi connectivity index (χ4v) is 3.59. The molecular formula is C19H25N3O2S. The molecule has 6 heteroatoms. The lowest BCUT2D eigenvalue weighted by atomic mass is 10.0. The lowest BCUT2D eigenvalue weighted by molar-refractivity contribution is -0.134. The number of amides is 1. The number of aliphatic hydroxyl groups excluding tert-OH is 1. The molecule has 0 spiro atoms. The van der Waals surface area contributed by atoms with E-state index in [0.29, 0.717) is 0 Å². The molecular weight excluding hydrogens is 334 g/mol. The zero-order chi connectivity index (χ0) is 17.8. The van der Waals surface area contributed by atoms with Crippen LogP contribution in [0.4, 0.5) is 0 Å². The lowest BCUT2D eigenvalue weighted by Crippen LogP contribution is -2.42. The van der Waals surface area contributed by atoms with Gasteiger partial charge in [0.15, 0.2) is 0 Å². The van der Waals surface area contributed by atoms with Crippen molar-refractivity contribution >= 4 is 17.7 Å². The first-order chi connectivity index (χ1) is 12.1. The normalized spacial score (nSPS) is 19.0. The number of nitrogens with zero attached hydrogens (tertiary/aromatic N) is 2. The Kier molecular flexibility index (Phi) is 5.81. The molecule has 0 aliphatic carbocycles. The number of hydrogen-bond donors (Lipinski definition) is 2. The molecule has 2 heterocycles. The van der Waals surface area contributed by atoms with Crippen LogP contribution in [0.1, 0.15) is 43.6 Å². The van der Waals surface area contributed by atoms with E-state index in [9.17, 15) is 4.79 Å². The van der Waals surface area contributed by atoms with Crippen LogP contribution in [-0.2, 0) is 11.4 Å². The minimum Gasteiger partial charge on any atom is -0.392 e. The summed E-state index contributed by atoms with van der Waals surface area (Å²) >= 11 is 1.59. The number of benzene rings is 1. The maximum Gasteiger partial charge on any atom is 0.236 e. The van der Waals surface area contributed by atoms with Gasteiger partial charge in [0, 0.05) is 6.54 Å². The number of nitrogens with one attached hydrogen (secondary N) is 1. The molecule has 0 saturated carbocycles. The highest BCUT2D eigenvalue weighted by atomic mass is 32.2. The van der Waals surface area contributed by atoms with Crippen LogP contribution >= 0.6 is 11.8 Å². The van der Waals surface area contributed by atoms with Crippen LogP contribution in [0.3, 0.4) is 0 Å². The first kappa shape index (κ1) is 18.0. The van der Waals surface area contributed by atoms with Gasteiger partial charge in [-0.2, -0.15) is 11.8 Å². The van der Waals surface area contributed by atoms with E-state index in [2.05, 4.69) is 9.97 Å². The van der Waals surface area contributed by atoms with Crippen LogP contribution in [0, 0.1) is 0 Å². The van der Waals surface area contributed by atoms with Gasteiger partial charge in [-0.25, -0.2) is 4.98 Å². The Morgan fingerprint density at radius 1 is 1.40 bits per heavy atom. The van der Waals surface area contributed by atoms with Gasteiger partial charge in [-0.3, -0.25) is 4.79 Å². The smallest absolute Gasteiger partial charge is 0.236 e. The number of aliphatic hydroxyl groups is 1. The molecule has 0 bridgehead atoms. The Labute approximate surface area is 152 Å². The summed E-state index contributed by atoms with van der Waals surface area (Å²) in [6.07, 6.45) is 6.92. The van der Waals surface area contributed by atoms with Gasteiger partial charge in [-0.05, 0) is 43.6 Å². The Bertz CT molecular complexity index is 714. The number of aromatic nitrogens is 2. The van der Waals surface area contributed by atoms with Crippen molar-refractivity contribution in [2.45, 2.75) is 44.1 Å². The summed E-state index contributed by atoms with van der Waals surface area (Å²) in [5, 5.41) is 9.13. The monoisotopic (exact) mass is 359 g/mol. The van der Waals surface area contributed by atoms with Crippen LogP contribution in [-0.4, -0.2) is 43.9 Å². The molecule has 1 fully saturated rings. The Hall–Kier alpha value is -1.79. The predicted octanol–water partition coefficient (Wildman–Crippen LogP) is 3.37. The minimum atomic E-state index is -0.0268. The molecule has 2 unspecified atom stereocenters. The number of rotatable bonds is 5. The van der Waals surface area contributed by atoms with Gasteiger partial charge in [0.1, 0.15) is 5.82 Å². The second kappa shape index (κ2) is 8.06. The topological polar surface area (TPSA) is 69.2 Å². The van der Waals surface area contributed by atoms with Crippen LogP contribution < -0.4 is 0 Å². The first-order valence-electron chi connectivity index (χ1n) is 8.72. The van der Waals surface area contributed by atoms with E-state index in [1.54, 1.807) is 11.8 Å². The lowest BCUT2D eigenvalue weighted by Gasteiger charge is -2.36. The average molecular weight is 359 g/mol. The van der Waals surface area contributed by atoms with Crippen molar-refractivity contribution in [1.29, 1.82) is 0 Å². The molecule has 1 aromatic carbocycles. The molecule has 1 amide bonds. The highest BCUT2D eigenvalue weighted by molar-refractivity contribution is 7.99. The van der Waals surface area contributed by atoms with E-state index in [1.165, 1.54) is 0 Å². The summed E-state index contributed by atoms with van der Waals surface area (Å²) in [6.45, 7) is 2.81. The molecule has 2 atom stereocenters. The molecule has 0 radical (unpaired) electrons. The Morgan fingerprint density at radius 2 is 2.16 bits per heavy atom. The first-order valence-corrected chi connectivity index (χ1v) is 10.0. The van der Waals surface area contributed by atoms with Crippen molar-refractivity contribution in [3.05, 3.63) is 41.9 Å². The van der Waals surface area contributed by atoms with Gasteiger partial charge in [-0.15, -0.1) is 0 Å². The van der Waals surface area contributed by atoms with E-state index in [1.807, 2.05) is 48.5 Å². The summed E-state index contributed by atoms with van der Waals surface area (Å²) in [5.74, 6) is 1.06. The SMILES string of the molecule is CSC(C)C(=O)N1CCCCC1c1ncc(-c2ccc(CO)cc2)[nH]1. The molecule has 1 saturated heterocycles. The van der Waals surface area contributed by atoms with Crippen molar-refractivity contribution in [3.8, 4) is 11.3 Å². The highest BCUT2D eigenvalue weighted by Crippen LogP contribution is 2.32. The van der Waals surface area contributed by atoms with Crippen LogP contribution in [0.15, 0.2) is 30.5 Å². The number of aromatic amines is 1. The summed E-state index contributed by atoms with van der Waals surface area (Å²) < 4.78 is 0. The number of H-pyrrole nitrogens is 1. The Morgan fingerprint density at radius 3 is 2.84 bits per heavy atom. The van der Waals surface area contributed by atoms with Crippen LogP contribution in [0.2, 0.25) is 0 Å². The number of carbonyl (C=O) groups excluding carboxylic acids is 1. The van der Waals surface area contributed by atoms with E-state index < -0.39 is 0 Å². The number of carbonyl (C=O) groups is 1. The molecule has 3 rings (SSSR count). The maximum absolute atomic E-state index is 12.7. The summed E-state index contributed by atoms with van der Waals surface area (Å²) in [4.78, 5) is 22.7. The fraction of sp³-hybridized carbons (Fsp3) is 0.474. The maximum atomic E-state index is 12.7. The van der Waals surface area contributed by atoms with Gasteiger partial charge < -0.3 is 15.0 Å². The third kappa shape index (κ3) is 3.90. The number of imidazole rings is 1. The van der Waals surface area contributed by atoms with E-state index >= 15 is 0 Å². The largest absolute Gasteiger partial charge is 0.392 e. The van der Waals surface area contributed by atoms with Crippen molar-refractivity contribution < 1.29 is 9.90 Å². The van der Waals surface area contributed by atoms with Crippen molar-refractivity contribution in [3.63, 3.8) is 0 Å². The predicted molar refractivity (Wildman–Crippen MR) is 101 cm³/mol. The Balaban J connectivity index is 1.82. The third-order valence-electron chi connectivity index (χ3n) is 4.85. The van der Waals surface area contributed by atoms with Gasteiger partial charge in [-0.1, -0.05) is 24.3 Å². The van der Waals surface area contributed by atoms with Gasteiger partial charge in [0.05, 0.1) is 29.8 Å². The van der Waals surface area contributed by atoms with Crippen molar-refractivity contribution in [1.82, 2.24) is 14.9 Å². The van der Waals surface area contributed by atoms with E-state index in [-0.39, 0.29) is 23.8 Å². The van der Waals surface area contributed by atoms with Crippen LogP contribution in [0.25, 0.3) is 11.3 Å². The summed E-state index contributed by atoms with van der Waals surface area (Å²) in [7, 11) is 0. The molecule has 2 aromatic rings. The quantitative estimate of drug-likeness (QED) is 0.859. The number of piperidine rings is 1. The molecule has 1 aliphatic rings. The molecule has 1 aliphatic heterocycles. The van der Waals surface area contributed by atoms with Crippen LogP contribution in [0.5, 0.6) is 0 Å². The highest BCUT2D eigenvalue weighted by Gasteiger charge is 2.32.